The number of alkyl halides is 4. The van der Waals surface area contributed by atoms with E-state index in [1.54, 1.807) is 0 Å². The molecule has 84 valence electrons. The average molecular weight is 220 g/mol. The Balaban J connectivity index is 2.81. The highest BCUT2D eigenvalue weighted by molar-refractivity contribution is 4.91. The summed E-state index contributed by atoms with van der Waals surface area (Å²) in [6.07, 6.45) is -17.3. The molecule has 5 atom stereocenters. The molecule has 0 aromatic carbocycles. The third-order valence-corrected chi connectivity index (χ3v) is 1.87. The van der Waals surface area contributed by atoms with E-state index in [-0.39, 0.29) is 0 Å². The lowest BCUT2D eigenvalue weighted by Gasteiger charge is -2.37. The Morgan fingerprint density at radius 1 is 1.00 bits per heavy atom. The van der Waals surface area contributed by atoms with E-state index in [9.17, 15) is 17.6 Å². The number of aliphatic hydroxyl groups is 3. The molecule has 1 saturated heterocycles. The number of hydrogen-bond donors (Lipinski definition) is 3. The normalized spacial score (nSPS) is 45.2. The molecule has 0 aromatic heterocycles. The van der Waals surface area contributed by atoms with Crippen molar-refractivity contribution in [2.45, 2.75) is 36.9 Å². The zero-order chi connectivity index (χ0) is 11.1. The highest BCUT2D eigenvalue weighted by Gasteiger charge is 2.55. The van der Waals surface area contributed by atoms with Gasteiger partial charge in [-0.1, -0.05) is 0 Å². The summed E-state index contributed by atoms with van der Waals surface area (Å²) in [5, 5.41) is 26.2. The van der Waals surface area contributed by atoms with Crippen molar-refractivity contribution in [3.63, 3.8) is 0 Å². The molecule has 3 N–H and O–H groups in total. The molecule has 0 aliphatic carbocycles. The lowest BCUT2D eigenvalue weighted by atomic mass is 10.00. The summed E-state index contributed by atoms with van der Waals surface area (Å²) in [7, 11) is 0. The van der Waals surface area contributed by atoms with Crippen molar-refractivity contribution in [3.8, 4) is 0 Å². The fourth-order valence-electron chi connectivity index (χ4n) is 1.11. The lowest BCUT2D eigenvalue weighted by molar-refractivity contribution is -0.336. The maximum Gasteiger partial charge on any atom is 0.417 e. The Hall–Kier alpha value is -0.440. The van der Waals surface area contributed by atoms with E-state index in [1.165, 1.54) is 0 Å². The van der Waals surface area contributed by atoms with Crippen molar-refractivity contribution in [1.82, 2.24) is 0 Å². The fraction of sp³-hybridized carbons (Fsp3) is 1.00. The first kappa shape index (κ1) is 11.6. The second-order valence-electron chi connectivity index (χ2n) is 2.91. The predicted molar refractivity (Wildman–Crippen MR) is 33.8 cm³/mol. The van der Waals surface area contributed by atoms with Gasteiger partial charge in [0.1, 0.15) is 12.2 Å². The summed E-state index contributed by atoms with van der Waals surface area (Å²) in [6, 6.07) is 0. The molecule has 4 nitrogen and oxygen atoms in total. The van der Waals surface area contributed by atoms with E-state index >= 15 is 0 Å². The first-order valence-electron chi connectivity index (χ1n) is 3.65. The molecule has 0 spiro atoms. The number of ether oxygens (including phenoxy) is 1. The summed E-state index contributed by atoms with van der Waals surface area (Å²) >= 11 is 0. The smallest absolute Gasteiger partial charge is 0.387 e. The van der Waals surface area contributed by atoms with Gasteiger partial charge in [0.15, 0.2) is 18.6 Å². The molecule has 1 aliphatic heterocycles. The number of aliphatic hydroxyl groups excluding tert-OH is 3. The topological polar surface area (TPSA) is 69.9 Å². The van der Waals surface area contributed by atoms with Crippen LogP contribution in [0.1, 0.15) is 0 Å². The molecule has 0 aromatic rings. The minimum atomic E-state index is -4.97. The van der Waals surface area contributed by atoms with E-state index in [0.717, 1.165) is 0 Å². The second kappa shape index (κ2) is 3.61. The molecule has 0 saturated carbocycles. The predicted octanol–water partition coefficient (Wildman–Crippen LogP) is -0.674. The van der Waals surface area contributed by atoms with Crippen LogP contribution in [-0.4, -0.2) is 52.3 Å². The van der Waals surface area contributed by atoms with Crippen molar-refractivity contribution >= 4 is 0 Å². The van der Waals surface area contributed by atoms with E-state index in [0.29, 0.717) is 0 Å². The molecule has 1 rings (SSSR count). The Labute approximate surface area is 75.7 Å². The van der Waals surface area contributed by atoms with Crippen LogP contribution in [-0.2, 0) is 4.74 Å². The third-order valence-electron chi connectivity index (χ3n) is 1.87. The van der Waals surface area contributed by atoms with Crippen LogP contribution in [0.3, 0.4) is 0 Å². The number of hydrogen-bond acceptors (Lipinski definition) is 4. The van der Waals surface area contributed by atoms with Gasteiger partial charge >= 0.3 is 6.18 Å². The van der Waals surface area contributed by atoms with Crippen LogP contribution >= 0.6 is 0 Å². The highest BCUT2D eigenvalue weighted by atomic mass is 19.4. The minimum Gasteiger partial charge on any atom is -0.387 e. The van der Waals surface area contributed by atoms with Gasteiger partial charge in [-0.05, 0) is 0 Å². The zero-order valence-corrected chi connectivity index (χ0v) is 6.65. The third kappa shape index (κ3) is 1.97. The molecule has 0 bridgehead atoms. The summed E-state index contributed by atoms with van der Waals surface area (Å²) < 4.78 is 52.5. The molecule has 0 amide bonds. The molecule has 1 heterocycles. The van der Waals surface area contributed by atoms with Crippen LogP contribution in [0.4, 0.5) is 17.6 Å². The minimum absolute atomic E-state index is 2.31. The van der Waals surface area contributed by atoms with Crippen LogP contribution in [0.5, 0.6) is 0 Å². The fourth-order valence-corrected chi connectivity index (χ4v) is 1.11. The van der Waals surface area contributed by atoms with Crippen molar-refractivity contribution in [2.24, 2.45) is 0 Å². The summed E-state index contributed by atoms with van der Waals surface area (Å²) in [6.45, 7) is 0. The van der Waals surface area contributed by atoms with Crippen molar-refractivity contribution in [1.29, 1.82) is 0 Å². The van der Waals surface area contributed by atoms with Crippen molar-refractivity contribution in [3.05, 3.63) is 0 Å². The maximum atomic E-state index is 12.6. The van der Waals surface area contributed by atoms with Crippen LogP contribution in [0.25, 0.3) is 0 Å². The van der Waals surface area contributed by atoms with E-state index in [1.807, 2.05) is 0 Å². The Bertz CT molecular complexity index is 208. The van der Waals surface area contributed by atoms with Gasteiger partial charge in [0, 0.05) is 0 Å². The van der Waals surface area contributed by atoms with Gasteiger partial charge in [0.05, 0.1) is 0 Å². The van der Waals surface area contributed by atoms with Crippen LogP contribution in [0, 0.1) is 0 Å². The van der Waals surface area contributed by atoms with Gasteiger partial charge in [-0.2, -0.15) is 13.2 Å². The summed E-state index contributed by atoms with van der Waals surface area (Å²) in [5.41, 5.74) is 0. The maximum absolute atomic E-state index is 12.6. The molecule has 1 fully saturated rings. The molecule has 0 radical (unpaired) electrons. The molecule has 1 aliphatic rings. The SMILES string of the molecule is OC1OC(C(F)(F)F)C(O)C(O)C1F. The quantitative estimate of drug-likeness (QED) is 0.473. The zero-order valence-electron chi connectivity index (χ0n) is 6.65. The molecular formula is C6H8F4O4. The van der Waals surface area contributed by atoms with Gasteiger partial charge in [0.25, 0.3) is 0 Å². The van der Waals surface area contributed by atoms with Gasteiger partial charge in [-0.25, -0.2) is 4.39 Å². The van der Waals surface area contributed by atoms with E-state index in [2.05, 4.69) is 4.74 Å². The number of halogens is 4. The average Bonchev–Trinajstić information content (AvgIpc) is 2.06. The van der Waals surface area contributed by atoms with Gasteiger partial charge in [-0.15, -0.1) is 0 Å². The Morgan fingerprint density at radius 3 is 1.93 bits per heavy atom. The monoisotopic (exact) mass is 220 g/mol. The Morgan fingerprint density at radius 2 is 1.50 bits per heavy atom. The second-order valence-corrected chi connectivity index (χ2v) is 2.91. The van der Waals surface area contributed by atoms with Crippen LogP contribution in [0.15, 0.2) is 0 Å². The van der Waals surface area contributed by atoms with Gasteiger partial charge in [0.2, 0.25) is 0 Å². The number of rotatable bonds is 0. The van der Waals surface area contributed by atoms with Gasteiger partial charge < -0.3 is 20.1 Å². The molecule has 8 heteroatoms. The Kier molecular flexibility index (Phi) is 3.00. The first-order chi connectivity index (χ1) is 6.25. The highest BCUT2D eigenvalue weighted by Crippen LogP contribution is 2.33. The lowest BCUT2D eigenvalue weighted by Crippen LogP contribution is -2.60. The standard InChI is InChI=1S/C6H8F4O4/c7-1-2(11)3(12)4(6(8,9)10)14-5(1)13/h1-5,11-13H. The van der Waals surface area contributed by atoms with E-state index < -0.39 is 36.9 Å². The molecule has 5 unspecified atom stereocenters. The van der Waals surface area contributed by atoms with E-state index in [4.69, 9.17) is 15.3 Å². The van der Waals surface area contributed by atoms with Crippen LogP contribution in [0.2, 0.25) is 0 Å². The summed E-state index contributed by atoms with van der Waals surface area (Å²) in [5.74, 6) is 0. The van der Waals surface area contributed by atoms with Crippen LogP contribution < -0.4 is 0 Å². The largest absolute Gasteiger partial charge is 0.417 e. The summed E-state index contributed by atoms with van der Waals surface area (Å²) in [4.78, 5) is 0. The van der Waals surface area contributed by atoms with Crippen molar-refractivity contribution < 1.29 is 37.6 Å². The first-order valence-corrected chi connectivity index (χ1v) is 3.65. The molecular weight excluding hydrogens is 212 g/mol. The molecule has 14 heavy (non-hydrogen) atoms. The van der Waals surface area contributed by atoms with Crippen molar-refractivity contribution in [2.75, 3.05) is 0 Å². The van der Waals surface area contributed by atoms with Gasteiger partial charge in [-0.3, -0.25) is 0 Å².